The molecule has 0 heteroatoms. The number of aryl methyl sites for hydroxylation is 6. The summed E-state index contributed by atoms with van der Waals surface area (Å²) in [5.41, 5.74) is 9.39. The third-order valence-electron chi connectivity index (χ3n) is 23.0. The van der Waals surface area contributed by atoms with Crippen LogP contribution >= 0.6 is 0 Å². The maximum absolute atomic E-state index is 2.64. The third kappa shape index (κ3) is 23.0. The summed E-state index contributed by atoms with van der Waals surface area (Å²) in [6.07, 6.45) is 54.3. The van der Waals surface area contributed by atoms with Crippen molar-refractivity contribution in [1.82, 2.24) is 0 Å². The summed E-state index contributed by atoms with van der Waals surface area (Å²) in [6, 6.07) is 73.8. The smallest absolute Gasteiger partial charge is 0.0102 e. The predicted molar refractivity (Wildman–Crippen MR) is 459 cm³/mol. The highest BCUT2D eigenvalue weighted by molar-refractivity contribution is 6.10. The Morgan fingerprint density at radius 3 is 0.363 bits per heavy atom. The first-order chi connectivity index (χ1) is 50.4. The van der Waals surface area contributed by atoms with E-state index in [0.29, 0.717) is 0 Å². The van der Waals surface area contributed by atoms with Crippen molar-refractivity contribution in [2.75, 3.05) is 0 Å². The van der Waals surface area contributed by atoms with Crippen LogP contribution < -0.4 is 0 Å². The molecule has 0 nitrogen and oxygen atoms in total. The van der Waals surface area contributed by atoms with Crippen molar-refractivity contribution in [3.63, 3.8) is 0 Å². The van der Waals surface area contributed by atoms with Crippen molar-refractivity contribution in [3.05, 3.63) is 215 Å². The van der Waals surface area contributed by atoms with Crippen LogP contribution in [0, 0.1) is 0 Å². The number of benzene rings is 9. The van der Waals surface area contributed by atoms with Crippen molar-refractivity contribution in [1.29, 1.82) is 0 Å². The highest BCUT2D eigenvalue weighted by Gasteiger charge is 2.14. The lowest BCUT2D eigenvalue weighted by Gasteiger charge is -2.14. The molecule has 19 aromatic rings. The van der Waals surface area contributed by atoms with Crippen LogP contribution in [0.4, 0.5) is 0 Å². The Kier molecular flexibility index (Phi) is 32.9. The highest BCUT2D eigenvalue weighted by Crippen LogP contribution is 2.36. The maximum atomic E-state index is 2.64. The summed E-state index contributed by atoms with van der Waals surface area (Å²) in [4.78, 5) is 0. The fourth-order valence-corrected chi connectivity index (χ4v) is 16.5. The van der Waals surface area contributed by atoms with Gasteiger partial charge in [-0.1, -0.05) is 416 Å². The molecule has 12 bridgehead atoms. The van der Waals surface area contributed by atoms with E-state index in [1.807, 2.05) is 0 Å². The molecule has 0 heterocycles. The number of hydrogen-bond donors (Lipinski definition) is 0. The summed E-state index contributed by atoms with van der Waals surface area (Å²) in [7, 11) is 0. The van der Waals surface area contributed by atoms with Gasteiger partial charge in [-0.3, -0.25) is 0 Å². The second-order valence-electron chi connectivity index (χ2n) is 31.1. The predicted octanol–water partition coefficient (Wildman–Crippen LogP) is 32.9. The number of hydrogen-bond acceptors (Lipinski definition) is 0. The van der Waals surface area contributed by atoms with Crippen molar-refractivity contribution in [3.8, 4) is 0 Å². The van der Waals surface area contributed by atoms with E-state index in [2.05, 4.69) is 224 Å². The van der Waals surface area contributed by atoms with Crippen molar-refractivity contribution in [2.24, 2.45) is 0 Å². The zero-order chi connectivity index (χ0) is 70.8. The minimum atomic E-state index is 1.15. The molecule has 0 atom stereocenters. The van der Waals surface area contributed by atoms with Crippen LogP contribution in [-0.2, 0) is 38.5 Å². The van der Waals surface area contributed by atoms with Crippen LogP contribution in [0.15, 0.2) is 182 Å². The van der Waals surface area contributed by atoms with E-state index >= 15 is 0 Å². The van der Waals surface area contributed by atoms with Gasteiger partial charge in [-0.05, 0) is 207 Å². The first-order valence-electron chi connectivity index (χ1n) is 42.5. The van der Waals surface area contributed by atoms with Crippen LogP contribution in [0.1, 0.15) is 306 Å². The summed E-state index contributed by atoms with van der Waals surface area (Å²) < 4.78 is 0. The van der Waals surface area contributed by atoms with Gasteiger partial charge in [-0.2, -0.15) is 0 Å². The normalized spacial score (nSPS) is 11.7. The van der Waals surface area contributed by atoms with Crippen LogP contribution in [-0.4, -0.2) is 0 Å². The fraction of sp³-hybridized carbons (Fsp3) is 0.471. The van der Waals surface area contributed by atoms with Gasteiger partial charge in [-0.15, -0.1) is 0 Å². The molecule has 0 aromatic heterocycles. The Morgan fingerprint density at radius 2 is 0.235 bits per heavy atom. The van der Waals surface area contributed by atoms with E-state index in [9.17, 15) is 0 Å². The molecule has 19 aromatic carbocycles. The van der Waals surface area contributed by atoms with E-state index in [1.54, 1.807) is 33.4 Å². The molecular weight excluding hydrogens is 1230 g/mol. The van der Waals surface area contributed by atoms with E-state index in [-0.39, 0.29) is 0 Å². The standard InChI is InChI=1S/C102H132/c1-7-13-19-25-31-37-43-91-73-97-85-61-49-79(50-62-85)81-53-65-87(66-54-81)99-75-93(45-39-33-27-21-15-9-3)95(47-41-35-29-23-17-11-5)77-101(99)89-69-57-83(58-70-89)84-59-71-90(72-60-84)102-78-96(48-42-36-30-24-18-12-6)94(46-40-34-28-22-16-10-4)76-100(102)88-67-55-82(56-68-88)80-51-63-86(64-52-80)98(97)74-92(91)44-38-32-26-20-14-8-2/h49-78H,7-48H2,1-6H3. The topological polar surface area (TPSA) is 0 Å². The van der Waals surface area contributed by atoms with Gasteiger partial charge in [0.05, 0.1) is 0 Å². The van der Waals surface area contributed by atoms with Gasteiger partial charge in [0.25, 0.3) is 0 Å². The molecule has 0 amide bonds. The van der Waals surface area contributed by atoms with Crippen LogP contribution in [0.2, 0.25) is 0 Å². The minimum absolute atomic E-state index is 1.15. The van der Waals surface area contributed by atoms with E-state index in [0.717, 1.165) is 38.5 Å². The number of unbranched alkanes of at least 4 members (excludes halogenated alkanes) is 30. The first kappa shape index (κ1) is 77.6. The Hall–Kier alpha value is -7.02. The minimum Gasteiger partial charge on any atom is -0.0654 e. The molecule has 0 spiro atoms. The van der Waals surface area contributed by atoms with Gasteiger partial charge in [0.1, 0.15) is 0 Å². The third-order valence-corrected chi connectivity index (χ3v) is 23.0. The van der Waals surface area contributed by atoms with Crippen LogP contribution in [0.3, 0.4) is 0 Å². The maximum Gasteiger partial charge on any atom is -0.0102 e. The average Bonchev–Trinajstić information content (AvgIpc) is 0.846. The molecule has 0 aliphatic rings. The molecule has 0 aliphatic heterocycles. The molecule has 102 heavy (non-hydrogen) atoms. The summed E-state index contributed by atoms with van der Waals surface area (Å²) >= 11 is 0. The van der Waals surface area contributed by atoms with Gasteiger partial charge in [0.15, 0.2) is 0 Å². The van der Waals surface area contributed by atoms with Gasteiger partial charge >= 0.3 is 0 Å². The first-order valence-corrected chi connectivity index (χ1v) is 42.5. The summed E-state index contributed by atoms with van der Waals surface area (Å²) in [5.74, 6) is 0. The fourth-order valence-electron chi connectivity index (χ4n) is 16.5. The Morgan fingerprint density at radius 1 is 0.127 bits per heavy atom. The lowest BCUT2D eigenvalue weighted by atomic mass is 9.91. The van der Waals surface area contributed by atoms with E-state index < -0.39 is 0 Å². The quantitative estimate of drug-likeness (QED) is 0.0335. The van der Waals surface area contributed by atoms with E-state index in [1.165, 1.54) is 328 Å². The van der Waals surface area contributed by atoms with E-state index in [4.69, 9.17) is 0 Å². The molecule has 19 rings (SSSR count). The van der Waals surface area contributed by atoms with Crippen molar-refractivity contribution < 1.29 is 0 Å². The molecule has 540 valence electrons. The summed E-state index contributed by atoms with van der Waals surface area (Å²) in [6.45, 7) is 14.0. The number of rotatable bonds is 42. The lowest BCUT2D eigenvalue weighted by molar-refractivity contribution is 0.599. The molecule has 0 unspecified atom stereocenters. The monoisotopic (exact) mass is 1360 g/mol. The van der Waals surface area contributed by atoms with Crippen LogP contribution in [0.25, 0.3) is 97.0 Å². The molecule has 0 saturated carbocycles. The molecule has 0 aliphatic carbocycles. The molecule has 0 fully saturated rings. The molecule has 0 radical (unpaired) electrons. The molecule has 0 saturated heterocycles. The second-order valence-corrected chi connectivity index (χ2v) is 31.1. The van der Waals surface area contributed by atoms with Gasteiger partial charge in [-0.25, -0.2) is 0 Å². The SMILES string of the molecule is CCCCCCCCc1cc2c3ccc(cc3)c3ccc(cc3)c3cc(CCCCCCCC)c(CCCCCCCC)cc3c3ccc(cc3)c3ccc(cc3)c3cc(CCCCCCCC)c(CCCCCCCC)cc3c3ccc(cc3)c3ccc(cc3)c2cc1CCCCCCCC. The van der Waals surface area contributed by atoms with Gasteiger partial charge < -0.3 is 0 Å². The van der Waals surface area contributed by atoms with Gasteiger partial charge in [0, 0.05) is 0 Å². The average molecular weight is 1360 g/mol. The molecule has 0 N–H and O–H groups in total. The highest BCUT2D eigenvalue weighted by atomic mass is 14.2. The zero-order valence-corrected chi connectivity index (χ0v) is 65.0. The van der Waals surface area contributed by atoms with Crippen LogP contribution in [0.5, 0.6) is 0 Å². The largest absolute Gasteiger partial charge is 0.0654 e. The lowest BCUT2D eigenvalue weighted by Crippen LogP contribution is -1.97. The van der Waals surface area contributed by atoms with Gasteiger partial charge in [0.2, 0.25) is 0 Å². The zero-order valence-electron chi connectivity index (χ0n) is 65.0. The van der Waals surface area contributed by atoms with Crippen molar-refractivity contribution >= 4 is 97.0 Å². The Labute approximate surface area is 619 Å². The Bertz CT molecular complexity index is 3600. The van der Waals surface area contributed by atoms with Crippen molar-refractivity contribution in [2.45, 2.75) is 311 Å². The summed E-state index contributed by atoms with van der Waals surface area (Å²) in [5, 5.41) is 23.6. The Balaban J connectivity index is 1.19. The second kappa shape index (κ2) is 43.3. The molecular formula is C102H132.